The number of guanidine groups is 1. The molecule has 1 aromatic carbocycles. The maximum Gasteiger partial charge on any atom is 0.223 e. The van der Waals surface area contributed by atoms with Gasteiger partial charge in [0.2, 0.25) is 5.91 Å². The lowest BCUT2D eigenvalue weighted by Gasteiger charge is -2.22. The summed E-state index contributed by atoms with van der Waals surface area (Å²) < 4.78 is 10.7. The van der Waals surface area contributed by atoms with Crippen LogP contribution >= 0.6 is 0 Å². The topological polar surface area (TPSA) is 66.4 Å². The summed E-state index contributed by atoms with van der Waals surface area (Å²) >= 11 is 0. The van der Waals surface area contributed by atoms with Crippen LogP contribution in [0.25, 0.3) is 0 Å². The van der Waals surface area contributed by atoms with E-state index in [9.17, 15) is 4.79 Å². The highest BCUT2D eigenvalue weighted by Gasteiger charge is 2.25. The monoisotopic (exact) mass is 402 g/mol. The first-order valence-electron chi connectivity index (χ1n) is 10.6. The van der Waals surface area contributed by atoms with Gasteiger partial charge in [-0.1, -0.05) is 24.3 Å². The van der Waals surface area contributed by atoms with E-state index in [-0.39, 0.29) is 5.91 Å². The van der Waals surface area contributed by atoms with Crippen LogP contribution in [-0.4, -0.2) is 75.3 Å². The second-order valence-electron chi connectivity index (χ2n) is 7.76. The molecule has 2 aliphatic rings. The zero-order chi connectivity index (χ0) is 20.5. The van der Waals surface area contributed by atoms with Crippen LogP contribution in [-0.2, 0) is 27.4 Å². The minimum atomic E-state index is 0.229. The maximum absolute atomic E-state index is 12.5. The molecule has 3 rings (SSSR count). The van der Waals surface area contributed by atoms with Crippen molar-refractivity contribution in [2.75, 3.05) is 53.6 Å². The smallest absolute Gasteiger partial charge is 0.223 e. The van der Waals surface area contributed by atoms with E-state index in [0.29, 0.717) is 25.6 Å². The molecule has 1 unspecified atom stereocenters. The Bertz CT molecular complexity index is 669. The van der Waals surface area contributed by atoms with Gasteiger partial charge in [-0.25, -0.2) is 0 Å². The zero-order valence-corrected chi connectivity index (χ0v) is 17.7. The van der Waals surface area contributed by atoms with E-state index < -0.39 is 0 Å². The fourth-order valence-corrected chi connectivity index (χ4v) is 3.99. The number of aliphatic imine (C=N–C) groups is 1. The largest absolute Gasteiger partial charge is 0.382 e. The van der Waals surface area contributed by atoms with Gasteiger partial charge in [0.05, 0.1) is 19.8 Å². The average molecular weight is 403 g/mol. The van der Waals surface area contributed by atoms with E-state index in [2.05, 4.69) is 27.3 Å². The number of ether oxygens (including phenoxy) is 2. The van der Waals surface area contributed by atoms with Crippen LogP contribution in [0.2, 0.25) is 0 Å². The second kappa shape index (κ2) is 11.2. The number of nitrogens with zero attached hydrogens (tertiary/aromatic N) is 3. The van der Waals surface area contributed by atoms with Gasteiger partial charge in [0.1, 0.15) is 0 Å². The summed E-state index contributed by atoms with van der Waals surface area (Å²) in [6, 6.07) is 8.30. The molecule has 7 nitrogen and oxygen atoms in total. The Morgan fingerprint density at radius 1 is 1.21 bits per heavy atom. The van der Waals surface area contributed by atoms with Crippen LogP contribution in [0.15, 0.2) is 29.3 Å². The fourth-order valence-electron chi connectivity index (χ4n) is 3.99. The molecular formula is C22H34N4O3. The molecule has 0 aromatic heterocycles. The minimum absolute atomic E-state index is 0.229. The molecule has 2 heterocycles. The first-order valence-corrected chi connectivity index (χ1v) is 10.6. The molecule has 0 aliphatic carbocycles. The number of amides is 1. The highest BCUT2D eigenvalue weighted by molar-refractivity contribution is 5.80. The highest BCUT2D eigenvalue weighted by atomic mass is 16.5. The number of benzene rings is 1. The van der Waals surface area contributed by atoms with E-state index in [1.807, 2.05) is 24.1 Å². The number of hydrogen-bond donors (Lipinski definition) is 1. The lowest BCUT2D eigenvalue weighted by Crippen LogP contribution is -2.40. The molecule has 0 spiro atoms. The van der Waals surface area contributed by atoms with Gasteiger partial charge in [0, 0.05) is 59.2 Å². The van der Waals surface area contributed by atoms with Crippen LogP contribution in [0.3, 0.4) is 0 Å². The third-order valence-corrected chi connectivity index (χ3v) is 5.63. The molecule has 1 atom stereocenters. The number of nitrogens with one attached hydrogen (secondary N) is 1. The Hall–Kier alpha value is -2.12. The van der Waals surface area contributed by atoms with Gasteiger partial charge in [-0.3, -0.25) is 9.79 Å². The van der Waals surface area contributed by atoms with Crippen LogP contribution < -0.4 is 5.32 Å². The summed E-state index contributed by atoms with van der Waals surface area (Å²) in [5.74, 6) is 1.68. The van der Waals surface area contributed by atoms with Crippen molar-refractivity contribution in [1.29, 1.82) is 0 Å². The van der Waals surface area contributed by atoms with Crippen LogP contribution in [0, 0.1) is 5.92 Å². The van der Waals surface area contributed by atoms with Gasteiger partial charge in [0.15, 0.2) is 5.96 Å². The molecule has 0 bridgehead atoms. The summed E-state index contributed by atoms with van der Waals surface area (Å²) in [6.45, 7) is 6.24. The number of likely N-dealkylation sites (tertiary alicyclic amines) is 1. The Morgan fingerprint density at radius 2 is 1.97 bits per heavy atom. The molecule has 160 valence electrons. The van der Waals surface area contributed by atoms with Crippen molar-refractivity contribution in [3.05, 3.63) is 35.4 Å². The molecule has 1 amide bonds. The lowest BCUT2D eigenvalue weighted by atomic mass is 10.1. The van der Waals surface area contributed by atoms with E-state index >= 15 is 0 Å². The zero-order valence-electron chi connectivity index (χ0n) is 17.7. The molecule has 1 fully saturated rings. The van der Waals surface area contributed by atoms with E-state index in [1.165, 1.54) is 11.1 Å². The van der Waals surface area contributed by atoms with Crippen molar-refractivity contribution in [2.45, 2.75) is 32.4 Å². The summed E-state index contributed by atoms with van der Waals surface area (Å²) in [5.41, 5.74) is 2.54. The Kier molecular flexibility index (Phi) is 8.31. The summed E-state index contributed by atoms with van der Waals surface area (Å²) in [4.78, 5) is 21.2. The fraction of sp³-hybridized carbons (Fsp3) is 0.636. The summed E-state index contributed by atoms with van der Waals surface area (Å²) in [7, 11) is 3.51. The predicted molar refractivity (Wildman–Crippen MR) is 114 cm³/mol. The number of rotatable bonds is 9. The first kappa shape index (κ1) is 21.6. The van der Waals surface area contributed by atoms with Crippen LogP contribution in [0.4, 0.5) is 0 Å². The Labute approximate surface area is 174 Å². The van der Waals surface area contributed by atoms with E-state index in [0.717, 1.165) is 58.1 Å². The molecule has 1 saturated heterocycles. The lowest BCUT2D eigenvalue weighted by molar-refractivity contribution is -0.131. The van der Waals surface area contributed by atoms with Crippen molar-refractivity contribution >= 4 is 11.9 Å². The third kappa shape index (κ3) is 6.18. The SMILES string of the molecule is CN=C(NCCCC(=O)N1Cc2ccccc2C1)N1CCC(COCCOC)C1. The Morgan fingerprint density at radius 3 is 2.66 bits per heavy atom. The molecule has 0 radical (unpaired) electrons. The second-order valence-corrected chi connectivity index (χ2v) is 7.76. The molecule has 1 aromatic rings. The maximum atomic E-state index is 12.5. The van der Waals surface area contributed by atoms with Crippen LogP contribution in [0.5, 0.6) is 0 Å². The molecule has 0 saturated carbocycles. The number of carbonyl (C=O) groups excluding carboxylic acids is 1. The molecule has 29 heavy (non-hydrogen) atoms. The molecular weight excluding hydrogens is 368 g/mol. The molecule has 2 aliphatic heterocycles. The quantitative estimate of drug-likeness (QED) is 0.388. The number of fused-ring (bicyclic) bond motifs is 1. The standard InChI is InChI=1S/C22H34N4O3/c1-23-22(25-11-9-18(14-25)17-29-13-12-28-2)24-10-5-8-21(27)26-15-19-6-3-4-7-20(19)16-26/h3-4,6-7,18H,5,8-17H2,1-2H3,(H,23,24). The van der Waals surface area contributed by atoms with Crippen LogP contribution in [0.1, 0.15) is 30.4 Å². The normalized spacial score (nSPS) is 19.0. The molecule has 1 N–H and O–H groups in total. The predicted octanol–water partition coefficient (Wildman–Crippen LogP) is 1.87. The Balaban J connectivity index is 1.32. The minimum Gasteiger partial charge on any atom is -0.382 e. The van der Waals surface area contributed by atoms with Gasteiger partial charge in [0.25, 0.3) is 0 Å². The van der Waals surface area contributed by atoms with Gasteiger partial charge in [-0.15, -0.1) is 0 Å². The average Bonchev–Trinajstić information content (AvgIpc) is 3.38. The van der Waals surface area contributed by atoms with Gasteiger partial charge < -0.3 is 24.6 Å². The number of hydrogen-bond acceptors (Lipinski definition) is 4. The van der Waals surface area contributed by atoms with E-state index in [4.69, 9.17) is 9.47 Å². The number of carbonyl (C=O) groups is 1. The third-order valence-electron chi connectivity index (χ3n) is 5.63. The van der Waals surface area contributed by atoms with E-state index in [1.54, 1.807) is 7.11 Å². The number of methoxy groups -OCH3 is 1. The van der Waals surface area contributed by atoms with Crippen molar-refractivity contribution in [3.8, 4) is 0 Å². The van der Waals surface area contributed by atoms with Crippen molar-refractivity contribution < 1.29 is 14.3 Å². The first-order chi connectivity index (χ1) is 14.2. The summed E-state index contributed by atoms with van der Waals surface area (Å²) in [5, 5.41) is 3.42. The van der Waals surface area contributed by atoms with Gasteiger partial charge in [-0.05, 0) is 24.0 Å². The highest BCUT2D eigenvalue weighted by Crippen LogP contribution is 2.23. The van der Waals surface area contributed by atoms with Gasteiger partial charge in [-0.2, -0.15) is 0 Å². The van der Waals surface area contributed by atoms with Crippen molar-refractivity contribution in [2.24, 2.45) is 10.9 Å². The summed E-state index contributed by atoms with van der Waals surface area (Å²) in [6.07, 6.45) is 2.48. The van der Waals surface area contributed by atoms with Crippen molar-refractivity contribution in [1.82, 2.24) is 15.1 Å². The molecule has 7 heteroatoms. The van der Waals surface area contributed by atoms with Gasteiger partial charge >= 0.3 is 0 Å². The van der Waals surface area contributed by atoms with Crippen molar-refractivity contribution in [3.63, 3.8) is 0 Å².